The Morgan fingerprint density at radius 2 is 2.30 bits per heavy atom. The summed E-state index contributed by atoms with van der Waals surface area (Å²) in [5, 5.41) is 21.1. The lowest BCUT2D eigenvalue weighted by Crippen LogP contribution is -2.48. The molecule has 1 fully saturated rings. The molecule has 1 aliphatic rings. The molecular formula is C14H22N4O2. The quantitative estimate of drug-likeness (QED) is 0.867. The molecule has 1 atom stereocenters. The average Bonchev–Trinajstić information content (AvgIpc) is 2.44. The molecule has 1 unspecified atom stereocenters. The van der Waals surface area contributed by atoms with Gasteiger partial charge in [0.15, 0.2) is 5.69 Å². The Kier molecular flexibility index (Phi) is 4.54. The highest BCUT2D eigenvalue weighted by Crippen LogP contribution is 2.21. The van der Waals surface area contributed by atoms with Crippen molar-refractivity contribution >= 4 is 11.7 Å². The summed E-state index contributed by atoms with van der Waals surface area (Å²) < 4.78 is 0. The molecule has 0 spiro atoms. The standard InChI is InChI=1S/C14H22N4O2/c1-3-8-15-12-6-5-11(16-17-12)13(19)18-9-4-7-14(2,20)10-18/h5-6,20H,3-4,7-10H2,1-2H3,(H,15,17). The number of aliphatic hydroxyl groups is 1. The van der Waals surface area contributed by atoms with Crippen molar-refractivity contribution < 1.29 is 9.90 Å². The molecule has 0 aromatic carbocycles. The number of carbonyl (C=O) groups is 1. The Morgan fingerprint density at radius 1 is 1.50 bits per heavy atom. The second kappa shape index (κ2) is 6.17. The minimum atomic E-state index is -0.802. The first-order chi connectivity index (χ1) is 9.52. The molecule has 6 nitrogen and oxygen atoms in total. The normalized spacial score (nSPS) is 22.6. The molecule has 20 heavy (non-hydrogen) atoms. The molecule has 2 heterocycles. The Morgan fingerprint density at radius 3 is 2.90 bits per heavy atom. The van der Waals surface area contributed by atoms with Gasteiger partial charge in [0.2, 0.25) is 0 Å². The average molecular weight is 278 g/mol. The number of hydrogen-bond donors (Lipinski definition) is 2. The van der Waals surface area contributed by atoms with Gasteiger partial charge in [-0.05, 0) is 38.3 Å². The molecule has 1 amide bonds. The zero-order chi connectivity index (χ0) is 14.6. The van der Waals surface area contributed by atoms with Crippen LogP contribution in [0.5, 0.6) is 0 Å². The first kappa shape index (κ1) is 14.7. The Bertz CT molecular complexity index is 459. The van der Waals surface area contributed by atoms with E-state index in [1.165, 1.54) is 0 Å². The zero-order valence-electron chi connectivity index (χ0n) is 12.1. The molecule has 0 radical (unpaired) electrons. The maximum absolute atomic E-state index is 12.3. The first-order valence-electron chi connectivity index (χ1n) is 7.11. The molecule has 0 saturated carbocycles. The van der Waals surface area contributed by atoms with Gasteiger partial charge in [0.05, 0.1) is 5.60 Å². The lowest BCUT2D eigenvalue weighted by atomic mass is 9.95. The predicted octanol–water partition coefficient (Wildman–Crippen LogP) is 1.29. The maximum atomic E-state index is 12.3. The van der Waals surface area contributed by atoms with E-state index in [0.29, 0.717) is 24.6 Å². The van der Waals surface area contributed by atoms with Crippen LogP contribution < -0.4 is 5.32 Å². The van der Waals surface area contributed by atoms with Gasteiger partial charge in [-0.3, -0.25) is 4.79 Å². The number of hydrogen-bond acceptors (Lipinski definition) is 5. The van der Waals surface area contributed by atoms with Crippen molar-refractivity contribution in [2.75, 3.05) is 25.0 Å². The fourth-order valence-electron chi connectivity index (χ4n) is 2.35. The Labute approximate surface area is 119 Å². The predicted molar refractivity (Wildman–Crippen MR) is 76.6 cm³/mol. The SMILES string of the molecule is CCCNc1ccc(C(=O)N2CCCC(C)(O)C2)nn1. The van der Waals surface area contributed by atoms with Crippen LogP contribution >= 0.6 is 0 Å². The molecule has 6 heteroatoms. The molecule has 1 aliphatic heterocycles. The first-order valence-corrected chi connectivity index (χ1v) is 7.11. The van der Waals surface area contributed by atoms with E-state index in [1.54, 1.807) is 24.0 Å². The number of amides is 1. The molecular weight excluding hydrogens is 256 g/mol. The fourth-order valence-corrected chi connectivity index (χ4v) is 2.35. The summed E-state index contributed by atoms with van der Waals surface area (Å²) >= 11 is 0. The third-order valence-electron chi connectivity index (χ3n) is 3.40. The van der Waals surface area contributed by atoms with E-state index in [9.17, 15) is 9.90 Å². The van der Waals surface area contributed by atoms with Crippen molar-refractivity contribution in [1.82, 2.24) is 15.1 Å². The summed E-state index contributed by atoms with van der Waals surface area (Å²) in [6.45, 7) is 5.67. The number of nitrogens with one attached hydrogen (secondary N) is 1. The zero-order valence-corrected chi connectivity index (χ0v) is 12.1. The third kappa shape index (κ3) is 3.66. The maximum Gasteiger partial charge on any atom is 0.274 e. The summed E-state index contributed by atoms with van der Waals surface area (Å²) in [5.41, 5.74) is -0.478. The summed E-state index contributed by atoms with van der Waals surface area (Å²) in [6.07, 6.45) is 2.54. The molecule has 0 aliphatic carbocycles. The van der Waals surface area contributed by atoms with Gasteiger partial charge in [-0.25, -0.2) is 0 Å². The molecule has 110 valence electrons. The summed E-state index contributed by atoms with van der Waals surface area (Å²) in [7, 11) is 0. The number of anilines is 1. The van der Waals surface area contributed by atoms with Crippen LogP contribution in [0.25, 0.3) is 0 Å². The number of aromatic nitrogens is 2. The van der Waals surface area contributed by atoms with Gasteiger partial charge in [0, 0.05) is 19.6 Å². The summed E-state index contributed by atoms with van der Waals surface area (Å²) in [5.74, 6) is 0.508. The van der Waals surface area contributed by atoms with Crippen molar-refractivity contribution in [1.29, 1.82) is 0 Å². The van der Waals surface area contributed by atoms with E-state index >= 15 is 0 Å². The van der Waals surface area contributed by atoms with Crippen LogP contribution in [-0.4, -0.2) is 51.3 Å². The van der Waals surface area contributed by atoms with Crippen LogP contribution in [0, 0.1) is 0 Å². The van der Waals surface area contributed by atoms with Gasteiger partial charge in [0.25, 0.3) is 5.91 Å². The highest BCUT2D eigenvalue weighted by Gasteiger charge is 2.31. The lowest BCUT2D eigenvalue weighted by Gasteiger charge is -2.36. The van der Waals surface area contributed by atoms with Gasteiger partial charge >= 0.3 is 0 Å². The van der Waals surface area contributed by atoms with Crippen molar-refractivity contribution in [3.63, 3.8) is 0 Å². The van der Waals surface area contributed by atoms with E-state index in [4.69, 9.17) is 0 Å². The van der Waals surface area contributed by atoms with E-state index in [0.717, 1.165) is 25.8 Å². The molecule has 1 aromatic rings. The number of nitrogens with zero attached hydrogens (tertiary/aromatic N) is 3. The van der Waals surface area contributed by atoms with Crippen LogP contribution in [0.15, 0.2) is 12.1 Å². The summed E-state index contributed by atoms with van der Waals surface area (Å²) in [4.78, 5) is 14.0. The van der Waals surface area contributed by atoms with Crippen LogP contribution in [-0.2, 0) is 0 Å². The molecule has 2 N–H and O–H groups in total. The highest BCUT2D eigenvalue weighted by molar-refractivity contribution is 5.92. The van der Waals surface area contributed by atoms with E-state index in [2.05, 4.69) is 22.4 Å². The Hall–Kier alpha value is -1.69. The van der Waals surface area contributed by atoms with Gasteiger partial charge in [-0.1, -0.05) is 6.92 Å². The van der Waals surface area contributed by atoms with Crippen molar-refractivity contribution in [3.8, 4) is 0 Å². The number of rotatable bonds is 4. The number of β-amino-alcohol motifs (C(OH)–C–C–N with tert-alkyl or cyclic N) is 1. The lowest BCUT2D eigenvalue weighted by molar-refractivity contribution is -0.0109. The van der Waals surface area contributed by atoms with Crippen LogP contribution in [0.3, 0.4) is 0 Å². The number of piperidine rings is 1. The minimum Gasteiger partial charge on any atom is -0.388 e. The second-order valence-electron chi connectivity index (χ2n) is 5.56. The number of likely N-dealkylation sites (tertiary alicyclic amines) is 1. The van der Waals surface area contributed by atoms with Crippen LogP contribution in [0.4, 0.5) is 5.82 Å². The van der Waals surface area contributed by atoms with Gasteiger partial charge in [0.1, 0.15) is 5.82 Å². The van der Waals surface area contributed by atoms with Crippen molar-refractivity contribution in [3.05, 3.63) is 17.8 Å². The van der Waals surface area contributed by atoms with E-state index in [1.807, 2.05) is 0 Å². The second-order valence-corrected chi connectivity index (χ2v) is 5.56. The van der Waals surface area contributed by atoms with Crippen molar-refractivity contribution in [2.24, 2.45) is 0 Å². The molecule has 1 aromatic heterocycles. The molecule has 2 rings (SSSR count). The topological polar surface area (TPSA) is 78.4 Å². The summed E-state index contributed by atoms with van der Waals surface area (Å²) in [6, 6.07) is 3.44. The smallest absolute Gasteiger partial charge is 0.274 e. The van der Waals surface area contributed by atoms with Gasteiger partial charge < -0.3 is 15.3 Å². The van der Waals surface area contributed by atoms with Crippen molar-refractivity contribution in [2.45, 2.75) is 38.7 Å². The minimum absolute atomic E-state index is 0.167. The van der Waals surface area contributed by atoms with Crippen LogP contribution in [0.1, 0.15) is 43.6 Å². The third-order valence-corrected chi connectivity index (χ3v) is 3.40. The van der Waals surface area contributed by atoms with E-state index < -0.39 is 5.60 Å². The fraction of sp³-hybridized carbons (Fsp3) is 0.643. The van der Waals surface area contributed by atoms with E-state index in [-0.39, 0.29) is 5.91 Å². The Balaban J connectivity index is 2.01. The molecule has 0 bridgehead atoms. The number of carbonyl (C=O) groups excluding carboxylic acids is 1. The highest BCUT2D eigenvalue weighted by atomic mass is 16.3. The van der Waals surface area contributed by atoms with Gasteiger partial charge in [-0.2, -0.15) is 0 Å². The largest absolute Gasteiger partial charge is 0.388 e. The molecule has 1 saturated heterocycles. The van der Waals surface area contributed by atoms with Gasteiger partial charge in [-0.15, -0.1) is 10.2 Å². The van der Waals surface area contributed by atoms with Crippen LogP contribution in [0.2, 0.25) is 0 Å². The monoisotopic (exact) mass is 278 g/mol.